The summed E-state index contributed by atoms with van der Waals surface area (Å²) in [5.41, 5.74) is 9.64. The number of hydrogen-bond acceptors (Lipinski definition) is 2. The molecule has 0 aromatic heterocycles. The molecule has 0 spiro atoms. The van der Waals surface area contributed by atoms with Crippen LogP contribution in [0.5, 0.6) is 5.75 Å². The highest BCUT2D eigenvalue weighted by Gasteiger charge is 2.12. The average Bonchev–Trinajstić information content (AvgIpc) is 2.51. The van der Waals surface area contributed by atoms with Crippen molar-refractivity contribution in [3.63, 3.8) is 0 Å². The first-order valence-electron chi connectivity index (χ1n) is 6.26. The van der Waals surface area contributed by atoms with Gasteiger partial charge in [-0.05, 0) is 62.3 Å². The van der Waals surface area contributed by atoms with Crippen LogP contribution in [0.2, 0.25) is 0 Å². The van der Waals surface area contributed by atoms with Crippen LogP contribution in [0.25, 0.3) is 0 Å². The number of rotatable bonds is 3. The van der Waals surface area contributed by atoms with Gasteiger partial charge in [-0.1, -0.05) is 12.1 Å². The lowest BCUT2D eigenvalue weighted by Gasteiger charge is -2.12. The minimum atomic E-state index is 0.770. The quantitative estimate of drug-likeness (QED) is 0.848. The molecule has 0 atom stereocenters. The first kappa shape index (κ1) is 11.5. The Morgan fingerprint density at radius 1 is 1.31 bits per heavy atom. The third kappa shape index (κ3) is 2.56. The normalized spacial score (nSPS) is 15.1. The Labute approximate surface area is 97.8 Å². The van der Waals surface area contributed by atoms with Crippen LogP contribution in [0.3, 0.4) is 0 Å². The Bertz CT molecular complexity index is 360. The molecule has 1 aromatic carbocycles. The summed E-state index contributed by atoms with van der Waals surface area (Å²) >= 11 is 0. The van der Waals surface area contributed by atoms with Crippen LogP contribution in [-0.4, -0.2) is 13.2 Å². The molecule has 1 aliphatic rings. The Morgan fingerprint density at radius 2 is 2.19 bits per heavy atom. The van der Waals surface area contributed by atoms with Gasteiger partial charge in [-0.3, -0.25) is 0 Å². The Kier molecular flexibility index (Phi) is 3.83. The summed E-state index contributed by atoms with van der Waals surface area (Å²) in [6, 6.07) is 4.56. The van der Waals surface area contributed by atoms with Gasteiger partial charge in [0, 0.05) is 0 Å². The van der Waals surface area contributed by atoms with Gasteiger partial charge in [-0.15, -0.1) is 0 Å². The molecule has 1 aliphatic heterocycles. The maximum absolute atomic E-state index is 5.81. The average molecular weight is 219 g/mol. The summed E-state index contributed by atoms with van der Waals surface area (Å²) in [6.07, 6.45) is 5.73. The van der Waals surface area contributed by atoms with Gasteiger partial charge < -0.3 is 10.5 Å². The maximum atomic E-state index is 5.81. The van der Waals surface area contributed by atoms with E-state index in [9.17, 15) is 0 Å². The Balaban J connectivity index is 2.24. The molecule has 0 radical (unpaired) electrons. The molecule has 1 aromatic rings. The van der Waals surface area contributed by atoms with Crippen molar-refractivity contribution in [3.05, 3.63) is 28.8 Å². The number of fused-ring (bicyclic) bond motifs is 1. The lowest BCUT2D eigenvalue weighted by molar-refractivity contribution is 0.315. The van der Waals surface area contributed by atoms with Crippen LogP contribution < -0.4 is 10.5 Å². The fourth-order valence-corrected chi connectivity index (χ4v) is 2.36. The summed E-state index contributed by atoms with van der Waals surface area (Å²) < 4.78 is 5.81. The largest absolute Gasteiger partial charge is 0.493 e. The zero-order valence-electron chi connectivity index (χ0n) is 10.1. The first-order valence-corrected chi connectivity index (χ1v) is 6.26. The van der Waals surface area contributed by atoms with E-state index in [0.717, 1.165) is 38.2 Å². The molecule has 2 nitrogen and oxygen atoms in total. The van der Waals surface area contributed by atoms with E-state index in [1.807, 2.05) is 0 Å². The van der Waals surface area contributed by atoms with E-state index in [-0.39, 0.29) is 0 Å². The molecule has 2 rings (SSSR count). The standard InChI is InChI=1S/C14H21NO/c1-11-9-12(5-4-7-15)10-13-6-2-3-8-16-14(11)13/h9-10H,2-8,15H2,1H3. The van der Waals surface area contributed by atoms with Gasteiger partial charge in [0.05, 0.1) is 6.61 Å². The summed E-state index contributed by atoms with van der Waals surface area (Å²) in [5, 5.41) is 0. The molecule has 88 valence electrons. The summed E-state index contributed by atoms with van der Waals surface area (Å²) in [6.45, 7) is 3.79. The van der Waals surface area contributed by atoms with Gasteiger partial charge >= 0.3 is 0 Å². The lowest BCUT2D eigenvalue weighted by atomic mass is 9.99. The summed E-state index contributed by atoms with van der Waals surface area (Å²) in [7, 11) is 0. The molecule has 2 N–H and O–H groups in total. The second-order valence-corrected chi connectivity index (χ2v) is 4.60. The van der Waals surface area contributed by atoms with E-state index in [0.29, 0.717) is 0 Å². The third-order valence-corrected chi connectivity index (χ3v) is 3.17. The number of aryl methyl sites for hydroxylation is 3. The Hall–Kier alpha value is -1.02. The van der Waals surface area contributed by atoms with Crippen LogP contribution in [0.4, 0.5) is 0 Å². The minimum Gasteiger partial charge on any atom is -0.493 e. The van der Waals surface area contributed by atoms with Crippen molar-refractivity contribution in [3.8, 4) is 5.75 Å². The van der Waals surface area contributed by atoms with Crippen molar-refractivity contribution < 1.29 is 4.74 Å². The zero-order chi connectivity index (χ0) is 11.4. The minimum absolute atomic E-state index is 0.770. The van der Waals surface area contributed by atoms with Crippen molar-refractivity contribution in [1.82, 2.24) is 0 Å². The van der Waals surface area contributed by atoms with E-state index >= 15 is 0 Å². The van der Waals surface area contributed by atoms with Crippen molar-refractivity contribution in [2.45, 2.75) is 39.0 Å². The molecule has 0 bridgehead atoms. The van der Waals surface area contributed by atoms with Gasteiger partial charge in [0.1, 0.15) is 5.75 Å². The number of benzene rings is 1. The maximum Gasteiger partial charge on any atom is 0.125 e. The highest BCUT2D eigenvalue weighted by Crippen LogP contribution is 2.29. The van der Waals surface area contributed by atoms with Crippen LogP contribution in [0, 0.1) is 6.92 Å². The van der Waals surface area contributed by atoms with E-state index < -0.39 is 0 Å². The highest BCUT2D eigenvalue weighted by molar-refractivity contribution is 5.44. The van der Waals surface area contributed by atoms with Crippen LogP contribution in [0.15, 0.2) is 12.1 Å². The van der Waals surface area contributed by atoms with Crippen LogP contribution in [0.1, 0.15) is 36.0 Å². The smallest absolute Gasteiger partial charge is 0.125 e. The monoisotopic (exact) mass is 219 g/mol. The first-order chi connectivity index (χ1) is 7.81. The fourth-order valence-electron chi connectivity index (χ4n) is 2.36. The highest BCUT2D eigenvalue weighted by atomic mass is 16.5. The Morgan fingerprint density at radius 3 is 3.00 bits per heavy atom. The molecule has 0 aliphatic carbocycles. The van der Waals surface area contributed by atoms with E-state index in [4.69, 9.17) is 10.5 Å². The van der Waals surface area contributed by atoms with Crippen molar-refractivity contribution in [1.29, 1.82) is 0 Å². The lowest BCUT2D eigenvalue weighted by Crippen LogP contribution is -2.02. The fraction of sp³-hybridized carbons (Fsp3) is 0.571. The van der Waals surface area contributed by atoms with Gasteiger partial charge in [-0.2, -0.15) is 0 Å². The van der Waals surface area contributed by atoms with Crippen molar-refractivity contribution >= 4 is 0 Å². The summed E-state index contributed by atoms with van der Waals surface area (Å²) in [4.78, 5) is 0. The van der Waals surface area contributed by atoms with Gasteiger partial charge in [-0.25, -0.2) is 0 Å². The predicted octanol–water partition coefficient (Wildman–Crippen LogP) is 2.60. The van der Waals surface area contributed by atoms with Crippen molar-refractivity contribution in [2.75, 3.05) is 13.2 Å². The number of hydrogen-bond donors (Lipinski definition) is 1. The molecular weight excluding hydrogens is 198 g/mol. The molecule has 1 heterocycles. The predicted molar refractivity (Wildman–Crippen MR) is 67.0 cm³/mol. The molecule has 0 amide bonds. The third-order valence-electron chi connectivity index (χ3n) is 3.17. The second kappa shape index (κ2) is 5.35. The van der Waals surface area contributed by atoms with Crippen LogP contribution >= 0.6 is 0 Å². The van der Waals surface area contributed by atoms with Gasteiger partial charge in [0.2, 0.25) is 0 Å². The SMILES string of the molecule is Cc1cc(CCCN)cc2c1OCCCC2. The number of nitrogens with two attached hydrogens (primary N) is 1. The molecule has 0 saturated heterocycles. The van der Waals surface area contributed by atoms with Gasteiger partial charge in [0.15, 0.2) is 0 Å². The van der Waals surface area contributed by atoms with Crippen molar-refractivity contribution in [2.24, 2.45) is 5.73 Å². The summed E-state index contributed by atoms with van der Waals surface area (Å²) in [5.74, 6) is 1.13. The second-order valence-electron chi connectivity index (χ2n) is 4.60. The molecule has 0 fully saturated rings. The number of ether oxygens (including phenoxy) is 1. The van der Waals surface area contributed by atoms with E-state index in [1.165, 1.54) is 29.5 Å². The van der Waals surface area contributed by atoms with E-state index in [2.05, 4.69) is 19.1 Å². The molecule has 16 heavy (non-hydrogen) atoms. The molecule has 0 saturated carbocycles. The van der Waals surface area contributed by atoms with E-state index in [1.54, 1.807) is 0 Å². The topological polar surface area (TPSA) is 35.2 Å². The molecule has 2 heteroatoms. The zero-order valence-corrected chi connectivity index (χ0v) is 10.1. The molecule has 0 unspecified atom stereocenters. The molecular formula is C14H21NO. The van der Waals surface area contributed by atoms with Crippen LogP contribution in [-0.2, 0) is 12.8 Å². The van der Waals surface area contributed by atoms with Gasteiger partial charge in [0.25, 0.3) is 0 Å².